The molecule has 7 nitrogen and oxygen atoms in total. The van der Waals surface area contributed by atoms with Crippen LogP contribution in [0.15, 0.2) is 42.6 Å². The molecular formula is C15H10N2O5. The minimum Gasteiger partial charge on any atom is -0.508 e. The second-order valence-corrected chi connectivity index (χ2v) is 4.58. The summed E-state index contributed by atoms with van der Waals surface area (Å²) in [4.78, 5) is 26.7. The first-order chi connectivity index (χ1) is 10.5. The summed E-state index contributed by atoms with van der Waals surface area (Å²) in [5, 5.41) is 27.9. The molecule has 3 rings (SSSR count). The van der Waals surface area contributed by atoms with E-state index in [1.165, 1.54) is 28.7 Å². The highest BCUT2D eigenvalue weighted by Gasteiger charge is 2.22. The van der Waals surface area contributed by atoms with Gasteiger partial charge in [0.25, 0.3) is 0 Å². The highest BCUT2D eigenvalue weighted by atomic mass is 16.4. The molecule has 0 aliphatic heterocycles. The third kappa shape index (κ3) is 2.05. The van der Waals surface area contributed by atoms with E-state index in [2.05, 4.69) is 4.98 Å². The van der Waals surface area contributed by atoms with Gasteiger partial charge in [-0.2, -0.15) is 0 Å². The van der Waals surface area contributed by atoms with E-state index in [-0.39, 0.29) is 28.3 Å². The number of aromatic hydroxyl groups is 1. The minimum absolute atomic E-state index is 0.0191. The molecule has 7 heteroatoms. The first-order valence-corrected chi connectivity index (χ1v) is 6.26. The zero-order valence-corrected chi connectivity index (χ0v) is 11.1. The van der Waals surface area contributed by atoms with Crippen LogP contribution >= 0.6 is 0 Å². The van der Waals surface area contributed by atoms with Gasteiger partial charge in [0, 0.05) is 11.8 Å². The van der Waals surface area contributed by atoms with E-state index in [0.29, 0.717) is 5.56 Å². The van der Waals surface area contributed by atoms with Crippen molar-refractivity contribution in [2.45, 2.75) is 0 Å². The number of hydrogen-bond donors (Lipinski definition) is 3. The molecule has 0 unspecified atom stereocenters. The Bertz CT molecular complexity index is 896. The van der Waals surface area contributed by atoms with Crippen LogP contribution in [0.25, 0.3) is 16.9 Å². The van der Waals surface area contributed by atoms with E-state index in [9.17, 15) is 24.9 Å². The summed E-state index contributed by atoms with van der Waals surface area (Å²) in [5.41, 5.74) is 0.104. The Morgan fingerprint density at radius 1 is 1.00 bits per heavy atom. The van der Waals surface area contributed by atoms with Crippen molar-refractivity contribution in [3.63, 3.8) is 0 Å². The SMILES string of the molecule is O=C(O)c1cccn2c(-c3ccc(O)cc3)nc(C(=O)O)c12. The third-order valence-corrected chi connectivity index (χ3v) is 3.22. The summed E-state index contributed by atoms with van der Waals surface area (Å²) in [6.07, 6.45) is 1.55. The zero-order chi connectivity index (χ0) is 15.9. The number of pyridine rings is 1. The van der Waals surface area contributed by atoms with Crippen molar-refractivity contribution in [2.75, 3.05) is 0 Å². The lowest BCUT2D eigenvalue weighted by Crippen LogP contribution is -2.04. The van der Waals surface area contributed by atoms with Crippen molar-refractivity contribution < 1.29 is 24.9 Å². The number of benzene rings is 1. The Hall–Kier alpha value is -3.35. The lowest BCUT2D eigenvalue weighted by molar-refractivity contribution is 0.0691. The van der Waals surface area contributed by atoms with Gasteiger partial charge in [0.1, 0.15) is 11.6 Å². The predicted molar refractivity (Wildman–Crippen MR) is 76.2 cm³/mol. The molecule has 0 bridgehead atoms. The van der Waals surface area contributed by atoms with E-state index in [4.69, 9.17) is 0 Å². The van der Waals surface area contributed by atoms with Crippen LogP contribution in [0.2, 0.25) is 0 Å². The molecule has 1 aromatic carbocycles. The average Bonchev–Trinajstić information content (AvgIpc) is 2.87. The maximum atomic E-state index is 11.4. The Morgan fingerprint density at radius 2 is 1.68 bits per heavy atom. The quantitative estimate of drug-likeness (QED) is 0.682. The largest absolute Gasteiger partial charge is 0.508 e. The number of carboxylic acids is 2. The average molecular weight is 298 g/mol. The highest BCUT2D eigenvalue weighted by Crippen LogP contribution is 2.26. The van der Waals surface area contributed by atoms with E-state index in [1.807, 2.05) is 0 Å². The molecular weight excluding hydrogens is 288 g/mol. The van der Waals surface area contributed by atoms with Gasteiger partial charge in [-0.15, -0.1) is 0 Å². The first kappa shape index (κ1) is 13.6. The van der Waals surface area contributed by atoms with Crippen LogP contribution in [0.4, 0.5) is 0 Å². The third-order valence-electron chi connectivity index (χ3n) is 3.22. The lowest BCUT2D eigenvalue weighted by Gasteiger charge is -2.03. The zero-order valence-electron chi connectivity index (χ0n) is 11.1. The van der Waals surface area contributed by atoms with Crippen LogP contribution in [-0.2, 0) is 0 Å². The van der Waals surface area contributed by atoms with Crippen LogP contribution in [0.1, 0.15) is 20.8 Å². The van der Waals surface area contributed by atoms with Crippen LogP contribution in [0.5, 0.6) is 5.75 Å². The van der Waals surface area contributed by atoms with Crippen LogP contribution in [0, 0.1) is 0 Å². The molecule has 2 heterocycles. The number of imidazole rings is 1. The summed E-state index contributed by atoms with van der Waals surface area (Å²) in [6.45, 7) is 0. The monoisotopic (exact) mass is 298 g/mol. The van der Waals surface area contributed by atoms with Crippen molar-refractivity contribution in [1.29, 1.82) is 0 Å². The van der Waals surface area contributed by atoms with Gasteiger partial charge in [-0.1, -0.05) is 0 Å². The van der Waals surface area contributed by atoms with Gasteiger partial charge in [0.2, 0.25) is 0 Å². The number of carbonyl (C=O) groups is 2. The molecule has 3 N–H and O–H groups in total. The number of carboxylic acid groups (broad SMARTS) is 2. The number of rotatable bonds is 3. The molecule has 0 atom stereocenters. The number of aromatic carboxylic acids is 2. The summed E-state index contributed by atoms with van der Waals surface area (Å²) >= 11 is 0. The molecule has 0 saturated heterocycles. The molecule has 0 aliphatic rings. The summed E-state index contributed by atoms with van der Waals surface area (Å²) in [5.74, 6) is -2.19. The van der Waals surface area contributed by atoms with Crippen molar-refractivity contribution in [1.82, 2.24) is 9.38 Å². The highest BCUT2D eigenvalue weighted by molar-refractivity contribution is 6.04. The van der Waals surface area contributed by atoms with E-state index >= 15 is 0 Å². The van der Waals surface area contributed by atoms with Crippen molar-refractivity contribution in [2.24, 2.45) is 0 Å². The topological polar surface area (TPSA) is 112 Å². The van der Waals surface area contributed by atoms with Crippen molar-refractivity contribution in [3.8, 4) is 17.1 Å². The normalized spacial score (nSPS) is 10.7. The number of phenolic OH excluding ortho intramolecular Hbond substituents is 1. The summed E-state index contributed by atoms with van der Waals surface area (Å²) in [6, 6.07) is 8.86. The molecule has 110 valence electrons. The molecule has 3 aromatic rings. The minimum atomic E-state index is -1.31. The van der Waals surface area contributed by atoms with Crippen LogP contribution in [-0.4, -0.2) is 36.6 Å². The Kier molecular flexibility index (Phi) is 3.03. The fourth-order valence-electron chi connectivity index (χ4n) is 2.28. The fraction of sp³-hybridized carbons (Fsp3) is 0. The van der Waals surface area contributed by atoms with Gasteiger partial charge in [-0.3, -0.25) is 4.40 Å². The van der Waals surface area contributed by atoms with Gasteiger partial charge in [-0.05, 0) is 36.4 Å². The maximum absolute atomic E-state index is 11.4. The van der Waals surface area contributed by atoms with Gasteiger partial charge in [-0.25, -0.2) is 14.6 Å². The van der Waals surface area contributed by atoms with Gasteiger partial charge in [0.15, 0.2) is 5.69 Å². The summed E-state index contributed by atoms with van der Waals surface area (Å²) in [7, 11) is 0. The number of phenols is 1. The molecule has 0 radical (unpaired) electrons. The molecule has 0 fully saturated rings. The molecule has 0 saturated carbocycles. The van der Waals surface area contributed by atoms with Gasteiger partial charge >= 0.3 is 11.9 Å². The van der Waals surface area contributed by atoms with Gasteiger partial charge < -0.3 is 15.3 Å². The fourth-order valence-corrected chi connectivity index (χ4v) is 2.28. The smallest absolute Gasteiger partial charge is 0.356 e. The summed E-state index contributed by atoms with van der Waals surface area (Å²) < 4.78 is 1.42. The number of hydrogen-bond acceptors (Lipinski definition) is 4. The van der Waals surface area contributed by atoms with Crippen LogP contribution < -0.4 is 0 Å². The van der Waals surface area contributed by atoms with E-state index in [0.717, 1.165) is 0 Å². The molecule has 0 amide bonds. The molecule has 0 aliphatic carbocycles. The van der Waals surface area contributed by atoms with Crippen molar-refractivity contribution in [3.05, 3.63) is 53.9 Å². The molecule has 22 heavy (non-hydrogen) atoms. The Balaban J connectivity index is 2.38. The lowest BCUT2D eigenvalue weighted by atomic mass is 10.2. The standard InChI is InChI=1S/C15H10N2O5/c18-9-5-3-8(4-6-9)13-16-11(15(21)22)12-10(14(19)20)2-1-7-17(12)13/h1-7,18H,(H,19,20)(H,21,22). The predicted octanol–water partition coefficient (Wildman–Crippen LogP) is 2.10. The van der Waals surface area contributed by atoms with Gasteiger partial charge in [0.05, 0.1) is 11.1 Å². The Labute approximate surface area is 123 Å². The second-order valence-electron chi connectivity index (χ2n) is 4.58. The number of aromatic nitrogens is 2. The number of nitrogens with zero attached hydrogens (tertiary/aromatic N) is 2. The second kappa shape index (κ2) is 4.88. The van der Waals surface area contributed by atoms with Crippen molar-refractivity contribution >= 4 is 17.5 Å². The maximum Gasteiger partial charge on any atom is 0.356 e. The number of fused-ring (bicyclic) bond motifs is 1. The first-order valence-electron chi connectivity index (χ1n) is 6.26. The van der Waals surface area contributed by atoms with Crippen LogP contribution in [0.3, 0.4) is 0 Å². The van der Waals surface area contributed by atoms with E-state index < -0.39 is 11.9 Å². The molecule has 0 spiro atoms. The Morgan fingerprint density at radius 3 is 2.27 bits per heavy atom. The van der Waals surface area contributed by atoms with E-state index in [1.54, 1.807) is 18.3 Å². The molecule has 2 aromatic heterocycles.